The van der Waals surface area contributed by atoms with Crippen molar-refractivity contribution in [2.45, 2.75) is 26.3 Å². The second-order valence-electron chi connectivity index (χ2n) is 5.30. The highest BCUT2D eigenvalue weighted by Crippen LogP contribution is 2.26. The molecule has 0 aliphatic rings. The lowest BCUT2D eigenvalue weighted by Crippen LogP contribution is -2.45. The third kappa shape index (κ3) is 3.57. The number of benzene rings is 1. The Kier molecular flexibility index (Phi) is 4.89. The summed E-state index contributed by atoms with van der Waals surface area (Å²) in [6.07, 6.45) is 1.64. The minimum absolute atomic E-state index is 0.0479. The molecule has 1 aromatic carbocycles. The predicted molar refractivity (Wildman–Crippen MR) is 79.1 cm³/mol. The van der Waals surface area contributed by atoms with Crippen LogP contribution in [0.5, 0.6) is 0 Å². The predicted octanol–water partition coefficient (Wildman–Crippen LogP) is 3.67. The van der Waals surface area contributed by atoms with Crippen LogP contribution in [0.15, 0.2) is 30.9 Å². The number of rotatable bonds is 4. The molecule has 0 N–H and O–H groups in total. The molecule has 1 rings (SSSR count). The van der Waals surface area contributed by atoms with E-state index in [1.54, 1.807) is 11.0 Å². The fourth-order valence-corrected chi connectivity index (χ4v) is 1.98. The van der Waals surface area contributed by atoms with Crippen LogP contribution in [0.3, 0.4) is 0 Å². The lowest BCUT2D eigenvalue weighted by atomic mass is 10.0. The maximum atomic E-state index is 12.5. The summed E-state index contributed by atoms with van der Waals surface area (Å²) in [5.41, 5.74) is -0.286. The molecular formula is C14H17ClN2O3. The number of carbonyl (C=O) groups is 1. The van der Waals surface area contributed by atoms with Crippen molar-refractivity contribution in [3.63, 3.8) is 0 Å². The van der Waals surface area contributed by atoms with Crippen LogP contribution >= 0.6 is 11.6 Å². The van der Waals surface area contributed by atoms with Gasteiger partial charge in [0.05, 0.1) is 4.92 Å². The van der Waals surface area contributed by atoms with E-state index in [0.29, 0.717) is 12.1 Å². The zero-order valence-electron chi connectivity index (χ0n) is 11.7. The number of amides is 1. The maximum absolute atomic E-state index is 12.5. The third-order valence-corrected chi connectivity index (χ3v) is 3.06. The highest BCUT2D eigenvalue weighted by Gasteiger charge is 2.27. The lowest BCUT2D eigenvalue weighted by molar-refractivity contribution is -0.384. The summed E-state index contributed by atoms with van der Waals surface area (Å²) in [5, 5.41) is 10.7. The molecule has 108 valence electrons. The van der Waals surface area contributed by atoms with Crippen LogP contribution in [0.25, 0.3) is 0 Å². The van der Waals surface area contributed by atoms with E-state index in [4.69, 9.17) is 11.6 Å². The molecule has 0 saturated carbocycles. The molecule has 0 aliphatic carbocycles. The van der Waals surface area contributed by atoms with Crippen molar-refractivity contribution < 1.29 is 9.72 Å². The van der Waals surface area contributed by atoms with Gasteiger partial charge in [-0.3, -0.25) is 14.9 Å². The van der Waals surface area contributed by atoms with Crippen LogP contribution < -0.4 is 0 Å². The molecule has 0 heterocycles. The molecule has 1 amide bonds. The summed E-state index contributed by atoms with van der Waals surface area (Å²) in [5.74, 6) is -0.241. The molecule has 0 aromatic heterocycles. The van der Waals surface area contributed by atoms with E-state index < -0.39 is 4.92 Å². The van der Waals surface area contributed by atoms with Crippen LogP contribution in [-0.4, -0.2) is 27.8 Å². The molecule has 20 heavy (non-hydrogen) atoms. The quantitative estimate of drug-likeness (QED) is 0.484. The van der Waals surface area contributed by atoms with Gasteiger partial charge in [0.25, 0.3) is 11.6 Å². The highest BCUT2D eigenvalue weighted by molar-refractivity contribution is 6.33. The van der Waals surface area contributed by atoms with E-state index in [-0.39, 0.29) is 22.2 Å². The van der Waals surface area contributed by atoms with Crippen molar-refractivity contribution in [3.8, 4) is 0 Å². The molecule has 6 heteroatoms. The average Bonchev–Trinajstić information content (AvgIpc) is 2.33. The Balaban J connectivity index is 3.16. The first kappa shape index (κ1) is 16.2. The molecule has 0 unspecified atom stereocenters. The molecule has 0 spiro atoms. The summed E-state index contributed by atoms with van der Waals surface area (Å²) >= 11 is 5.83. The van der Waals surface area contributed by atoms with Gasteiger partial charge in [-0.15, -0.1) is 6.58 Å². The minimum Gasteiger partial charge on any atom is -0.330 e. The van der Waals surface area contributed by atoms with Crippen molar-refractivity contribution in [1.82, 2.24) is 4.90 Å². The van der Waals surface area contributed by atoms with Gasteiger partial charge in [-0.1, -0.05) is 17.7 Å². The number of hydrogen-bond acceptors (Lipinski definition) is 3. The summed E-state index contributed by atoms with van der Waals surface area (Å²) in [6, 6.07) is 3.97. The Morgan fingerprint density at radius 3 is 2.50 bits per heavy atom. The summed E-state index contributed by atoms with van der Waals surface area (Å²) < 4.78 is 0. The van der Waals surface area contributed by atoms with E-state index in [2.05, 4.69) is 6.58 Å². The average molecular weight is 297 g/mol. The highest BCUT2D eigenvalue weighted by atomic mass is 35.5. The van der Waals surface area contributed by atoms with E-state index in [1.165, 1.54) is 18.2 Å². The number of nitro benzene ring substituents is 1. The molecule has 0 bridgehead atoms. The Bertz CT molecular complexity index is 550. The molecule has 0 saturated heterocycles. The topological polar surface area (TPSA) is 63.5 Å². The van der Waals surface area contributed by atoms with Gasteiger partial charge in [0.2, 0.25) is 0 Å². The molecule has 0 radical (unpaired) electrons. The number of hydrogen-bond donors (Lipinski definition) is 0. The number of carbonyl (C=O) groups excluding carboxylic acids is 1. The fourth-order valence-electron chi connectivity index (χ4n) is 1.73. The van der Waals surface area contributed by atoms with Gasteiger partial charge in [0.15, 0.2) is 0 Å². The molecule has 5 nitrogen and oxygen atoms in total. The smallest absolute Gasteiger partial charge is 0.287 e. The molecule has 1 aromatic rings. The monoisotopic (exact) mass is 296 g/mol. The minimum atomic E-state index is -0.581. The standard InChI is InChI=1S/C14H17ClN2O3/c1-5-8-16(14(2,3)4)13(18)10-6-7-12(17(19)20)11(15)9-10/h5-7,9H,1,8H2,2-4H3. The van der Waals surface area contributed by atoms with Crippen molar-refractivity contribution in [3.05, 3.63) is 51.6 Å². The van der Waals surface area contributed by atoms with Crippen molar-refractivity contribution in [2.24, 2.45) is 0 Å². The third-order valence-electron chi connectivity index (χ3n) is 2.76. The van der Waals surface area contributed by atoms with Crippen molar-refractivity contribution in [2.75, 3.05) is 6.54 Å². The first-order chi connectivity index (χ1) is 9.18. The molecular weight excluding hydrogens is 280 g/mol. The summed E-state index contributed by atoms with van der Waals surface area (Å²) in [4.78, 5) is 24.2. The van der Waals surface area contributed by atoms with Crippen LogP contribution in [0, 0.1) is 10.1 Å². The lowest BCUT2D eigenvalue weighted by Gasteiger charge is -2.35. The second-order valence-corrected chi connectivity index (χ2v) is 5.71. The molecule has 0 fully saturated rings. The first-order valence-electron chi connectivity index (χ1n) is 6.05. The Morgan fingerprint density at radius 2 is 2.10 bits per heavy atom. The summed E-state index contributed by atoms with van der Waals surface area (Å²) in [6.45, 7) is 9.73. The van der Waals surface area contributed by atoms with Crippen LogP contribution in [0.1, 0.15) is 31.1 Å². The number of nitrogens with zero attached hydrogens (tertiary/aromatic N) is 2. The number of nitro groups is 1. The van der Waals surface area contributed by atoms with Gasteiger partial charge in [-0.2, -0.15) is 0 Å². The van der Waals surface area contributed by atoms with Gasteiger partial charge < -0.3 is 4.90 Å². The second kappa shape index (κ2) is 6.05. The van der Waals surface area contributed by atoms with E-state index in [9.17, 15) is 14.9 Å². The molecule has 0 atom stereocenters. The van der Waals surface area contributed by atoms with Gasteiger partial charge in [-0.25, -0.2) is 0 Å². The van der Waals surface area contributed by atoms with Gasteiger partial charge in [0, 0.05) is 23.7 Å². The van der Waals surface area contributed by atoms with Crippen molar-refractivity contribution >= 4 is 23.2 Å². The van der Waals surface area contributed by atoms with E-state index in [0.717, 1.165) is 0 Å². The molecule has 0 aliphatic heterocycles. The SMILES string of the molecule is C=CCN(C(=O)c1ccc([N+](=O)[O-])c(Cl)c1)C(C)(C)C. The Hall–Kier alpha value is -1.88. The Labute approximate surface area is 123 Å². The van der Waals surface area contributed by atoms with Crippen LogP contribution in [0.2, 0.25) is 5.02 Å². The fraction of sp³-hybridized carbons (Fsp3) is 0.357. The van der Waals surface area contributed by atoms with Gasteiger partial charge >= 0.3 is 0 Å². The van der Waals surface area contributed by atoms with E-state index in [1.807, 2.05) is 20.8 Å². The normalized spacial score (nSPS) is 11.0. The van der Waals surface area contributed by atoms with Crippen LogP contribution in [0.4, 0.5) is 5.69 Å². The summed E-state index contributed by atoms with van der Waals surface area (Å²) in [7, 11) is 0. The van der Waals surface area contributed by atoms with Crippen molar-refractivity contribution in [1.29, 1.82) is 0 Å². The first-order valence-corrected chi connectivity index (χ1v) is 6.43. The van der Waals surface area contributed by atoms with Gasteiger partial charge in [0.1, 0.15) is 5.02 Å². The Morgan fingerprint density at radius 1 is 1.50 bits per heavy atom. The number of halogens is 1. The van der Waals surface area contributed by atoms with E-state index >= 15 is 0 Å². The zero-order valence-corrected chi connectivity index (χ0v) is 12.5. The van der Waals surface area contributed by atoms with Gasteiger partial charge in [-0.05, 0) is 32.9 Å². The largest absolute Gasteiger partial charge is 0.330 e. The maximum Gasteiger partial charge on any atom is 0.287 e. The van der Waals surface area contributed by atoms with Crippen LogP contribution in [-0.2, 0) is 0 Å². The zero-order chi connectivity index (χ0) is 15.5.